The van der Waals surface area contributed by atoms with Gasteiger partial charge in [-0.05, 0) is 68.1 Å². The van der Waals surface area contributed by atoms with Gasteiger partial charge in [0.2, 0.25) is 11.8 Å². The molecule has 0 aromatic heterocycles. The minimum atomic E-state index is -4.10. The lowest BCUT2D eigenvalue weighted by atomic mass is 10.1. The first-order valence-corrected chi connectivity index (χ1v) is 15.3. The molecule has 1 N–H and O–H groups in total. The van der Waals surface area contributed by atoms with Gasteiger partial charge < -0.3 is 15.0 Å². The van der Waals surface area contributed by atoms with Crippen molar-refractivity contribution >= 4 is 27.5 Å². The van der Waals surface area contributed by atoms with Crippen LogP contribution < -0.4 is 14.4 Å². The third-order valence-electron chi connectivity index (χ3n) is 6.77. The van der Waals surface area contributed by atoms with Crippen molar-refractivity contribution in [2.24, 2.45) is 5.92 Å². The number of nitrogens with zero attached hydrogens (tertiary/aromatic N) is 2. The summed E-state index contributed by atoms with van der Waals surface area (Å²) in [5, 5.41) is 2.94. The average Bonchev–Trinajstić information content (AvgIpc) is 2.95. The third kappa shape index (κ3) is 8.33. The Kier molecular flexibility index (Phi) is 10.9. The van der Waals surface area contributed by atoms with Gasteiger partial charge in [0, 0.05) is 13.1 Å². The second-order valence-corrected chi connectivity index (χ2v) is 12.5. The first kappa shape index (κ1) is 31.7. The number of aryl methyl sites for hydroxylation is 2. The Morgan fingerprint density at radius 3 is 2.10 bits per heavy atom. The Morgan fingerprint density at radius 2 is 1.54 bits per heavy atom. The van der Waals surface area contributed by atoms with Gasteiger partial charge in [-0.25, -0.2) is 8.42 Å². The number of carbonyl (C=O) groups is 2. The fraction of sp³-hybridized carbons (Fsp3) is 0.375. The van der Waals surface area contributed by atoms with Gasteiger partial charge in [-0.3, -0.25) is 13.9 Å². The molecule has 0 aliphatic rings. The maximum Gasteiger partial charge on any atom is 0.264 e. The average molecular weight is 580 g/mol. The van der Waals surface area contributed by atoms with E-state index in [1.54, 1.807) is 67.8 Å². The Balaban J connectivity index is 2.05. The van der Waals surface area contributed by atoms with Crippen LogP contribution in [0.1, 0.15) is 43.9 Å². The van der Waals surface area contributed by atoms with Crippen LogP contribution in [0.5, 0.6) is 5.75 Å². The molecule has 41 heavy (non-hydrogen) atoms. The van der Waals surface area contributed by atoms with E-state index in [9.17, 15) is 18.0 Å². The highest BCUT2D eigenvalue weighted by molar-refractivity contribution is 7.92. The summed E-state index contributed by atoms with van der Waals surface area (Å²) < 4.78 is 34.4. The second-order valence-electron chi connectivity index (χ2n) is 10.6. The van der Waals surface area contributed by atoms with Crippen molar-refractivity contribution in [1.82, 2.24) is 10.2 Å². The lowest BCUT2D eigenvalue weighted by Gasteiger charge is -2.33. The number of ether oxygens (including phenoxy) is 1. The summed E-state index contributed by atoms with van der Waals surface area (Å²) in [5.41, 5.74) is 3.00. The number of hydrogen-bond acceptors (Lipinski definition) is 5. The number of anilines is 1. The predicted molar refractivity (Wildman–Crippen MR) is 162 cm³/mol. The van der Waals surface area contributed by atoms with Gasteiger partial charge in [0.05, 0.1) is 17.7 Å². The molecule has 0 unspecified atom stereocenters. The minimum absolute atomic E-state index is 0.0811. The zero-order chi connectivity index (χ0) is 30.2. The molecule has 9 heteroatoms. The fourth-order valence-electron chi connectivity index (χ4n) is 4.39. The summed E-state index contributed by atoms with van der Waals surface area (Å²) in [6, 6.07) is 20.0. The number of amides is 2. The molecular weight excluding hydrogens is 538 g/mol. The van der Waals surface area contributed by atoms with Crippen molar-refractivity contribution in [2.75, 3.05) is 24.5 Å². The number of nitrogens with one attached hydrogen (secondary N) is 1. The van der Waals surface area contributed by atoms with E-state index >= 15 is 0 Å². The van der Waals surface area contributed by atoms with E-state index in [1.165, 1.54) is 4.90 Å². The standard InChI is InChI=1S/C32H41N3O5S/c1-7-30(32(37)33-20-23(2)3)34(21-26-9-8-10-28(19-26)40-6)31(36)22-35(27-15-11-24(4)12-16-27)41(38,39)29-17-13-25(5)14-18-29/h8-19,23,30H,7,20-22H2,1-6H3,(H,33,37)/t30-/m0/s1. The summed E-state index contributed by atoms with van der Waals surface area (Å²) in [6.07, 6.45) is 0.356. The number of benzene rings is 3. The normalized spacial score (nSPS) is 12.1. The smallest absolute Gasteiger partial charge is 0.264 e. The molecule has 0 aliphatic heterocycles. The van der Waals surface area contributed by atoms with Crippen LogP contribution in [0.2, 0.25) is 0 Å². The molecule has 0 saturated heterocycles. The van der Waals surface area contributed by atoms with Crippen LogP contribution >= 0.6 is 0 Å². The number of rotatable bonds is 13. The molecule has 3 aromatic rings. The van der Waals surface area contributed by atoms with Crippen molar-refractivity contribution in [3.05, 3.63) is 89.5 Å². The maximum atomic E-state index is 14.1. The monoisotopic (exact) mass is 579 g/mol. The van der Waals surface area contributed by atoms with Crippen LogP contribution in [0.4, 0.5) is 5.69 Å². The summed E-state index contributed by atoms with van der Waals surface area (Å²) in [6.45, 7) is 9.72. The summed E-state index contributed by atoms with van der Waals surface area (Å²) in [4.78, 5) is 29.0. The van der Waals surface area contributed by atoms with Gasteiger partial charge >= 0.3 is 0 Å². The van der Waals surface area contributed by atoms with Crippen molar-refractivity contribution in [1.29, 1.82) is 0 Å². The molecule has 0 fully saturated rings. The van der Waals surface area contributed by atoms with Crippen molar-refractivity contribution in [2.45, 2.75) is 58.5 Å². The Morgan fingerprint density at radius 1 is 0.927 bits per heavy atom. The molecule has 0 spiro atoms. The van der Waals surface area contributed by atoms with Gasteiger partial charge in [-0.15, -0.1) is 0 Å². The van der Waals surface area contributed by atoms with Crippen LogP contribution in [-0.2, 0) is 26.2 Å². The lowest BCUT2D eigenvalue weighted by molar-refractivity contribution is -0.140. The van der Waals surface area contributed by atoms with Crippen molar-refractivity contribution in [3.63, 3.8) is 0 Å². The Labute approximate surface area is 244 Å². The molecule has 220 valence electrons. The molecule has 3 aromatic carbocycles. The van der Waals surface area contributed by atoms with E-state index in [0.29, 0.717) is 24.4 Å². The predicted octanol–water partition coefficient (Wildman–Crippen LogP) is 5.09. The summed E-state index contributed by atoms with van der Waals surface area (Å²) >= 11 is 0. The van der Waals surface area contributed by atoms with E-state index in [2.05, 4.69) is 5.32 Å². The number of carbonyl (C=O) groups excluding carboxylic acids is 2. The second kappa shape index (κ2) is 14.2. The molecule has 0 radical (unpaired) electrons. The topological polar surface area (TPSA) is 96.0 Å². The molecule has 2 amide bonds. The van der Waals surface area contributed by atoms with Crippen LogP contribution in [0, 0.1) is 19.8 Å². The molecule has 3 rings (SSSR count). The van der Waals surface area contributed by atoms with E-state index in [0.717, 1.165) is 21.0 Å². The Hall–Kier alpha value is -3.85. The summed E-state index contributed by atoms with van der Waals surface area (Å²) in [5.74, 6) is 0.0856. The first-order valence-electron chi connectivity index (χ1n) is 13.8. The minimum Gasteiger partial charge on any atom is -0.497 e. The van der Waals surface area contributed by atoms with Gasteiger partial charge in [-0.1, -0.05) is 68.3 Å². The van der Waals surface area contributed by atoms with Crippen LogP contribution in [0.15, 0.2) is 77.7 Å². The van der Waals surface area contributed by atoms with Crippen LogP contribution in [0.25, 0.3) is 0 Å². The van der Waals surface area contributed by atoms with Crippen LogP contribution in [0.3, 0.4) is 0 Å². The zero-order valence-corrected chi connectivity index (χ0v) is 25.6. The highest BCUT2D eigenvalue weighted by atomic mass is 32.2. The molecule has 0 bridgehead atoms. The molecule has 0 aliphatic carbocycles. The molecule has 8 nitrogen and oxygen atoms in total. The quantitative estimate of drug-likeness (QED) is 0.305. The third-order valence-corrected chi connectivity index (χ3v) is 8.56. The number of sulfonamides is 1. The SMILES string of the molecule is CC[C@@H](C(=O)NCC(C)C)N(Cc1cccc(OC)c1)C(=O)CN(c1ccc(C)cc1)S(=O)(=O)c1ccc(C)cc1. The molecule has 0 saturated carbocycles. The van der Waals surface area contributed by atoms with Gasteiger partial charge in [0.15, 0.2) is 0 Å². The lowest BCUT2D eigenvalue weighted by Crippen LogP contribution is -2.52. The summed E-state index contributed by atoms with van der Waals surface area (Å²) in [7, 11) is -2.54. The molecular formula is C32H41N3O5S. The number of methoxy groups -OCH3 is 1. The van der Waals surface area contributed by atoms with Crippen molar-refractivity contribution in [3.8, 4) is 5.75 Å². The van der Waals surface area contributed by atoms with Gasteiger partial charge in [0.25, 0.3) is 10.0 Å². The molecule has 0 heterocycles. The van der Waals surface area contributed by atoms with Gasteiger partial charge in [-0.2, -0.15) is 0 Å². The van der Waals surface area contributed by atoms with E-state index in [4.69, 9.17) is 4.74 Å². The fourth-order valence-corrected chi connectivity index (χ4v) is 5.80. The van der Waals surface area contributed by atoms with Gasteiger partial charge in [0.1, 0.15) is 18.3 Å². The maximum absolute atomic E-state index is 14.1. The van der Waals surface area contributed by atoms with E-state index < -0.39 is 28.5 Å². The zero-order valence-electron chi connectivity index (χ0n) is 24.8. The highest BCUT2D eigenvalue weighted by Gasteiger charge is 2.33. The highest BCUT2D eigenvalue weighted by Crippen LogP contribution is 2.26. The largest absolute Gasteiger partial charge is 0.497 e. The number of hydrogen-bond donors (Lipinski definition) is 1. The van der Waals surface area contributed by atoms with Crippen LogP contribution in [-0.4, -0.2) is 51.4 Å². The first-order chi connectivity index (χ1) is 19.5. The van der Waals surface area contributed by atoms with E-state index in [1.807, 2.05) is 46.8 Å². The van der Waals surface area contributed by atoms with E-state index in [-0.39, 0.29) is 23.3 Å². The van der Waals surface area contributed by atoms with Crippen molar-refractivity contribution < 1.29 is 22.7 Å². The Bertz CT molecular complexity index is 1420. The molecule has 1 atom stereocenters.